The Morgan fingerprint density at radius 3 is 2.77 bits per heavy atom. The SMILES string of the molecule is CCOC(=O)c1nc(C(C)C)ns1. The van der Waals surface area contributed by atoms with E-state index in [1.54, 1.807) is 6.92 Å². The van der Waals surface area contributed by atoms with Crippen molar-refractivity contribution in [3.8, 4) is 0 Å². The first-order chi connectivity index (χ1) is 6.15. The fourth-order valence-electron chi connectivity index (χ4n) is 0.745. The third-order valence-corrected chi connectivity index (χ3v) is 2.12. The number of rotatable bonds is 3. The van der Waals surface area contributed by atoms with Gasteiger partial charge in [-0.2, -0.15) is 4.37 Å². The second-order valence-corrected chi connectivity index (χ2v) is 3.58. The molecule has 0 bridgehead atoms. The smallest absolute Gasteiger partial charge is 0.369 e. The Morgan fingerprint density at radius 1 is 1.62 bits per heavy atom. The highest BCUT2D eigenvalue weighted by atomic mass is 32.1. The van der Waals surface area contributed by atoms with Gasteiger partial charge in [-0.05, 0) is 18.5 Å². The maximum atomic E-state index is 11.2. The third-order valence-electron chi connectivity index (χ3n) is 1.41. The van der Waals surface area contributed by atoms with Gasteiger partial charge in [0.1, 0.15) is 5.82 Å². The summed E-state index contributed by atoms with van der Waals surface area (Å²) in [4.78, 5) is 15.2. The molecule has 0 saturated carbocycles. The van der Waals surface area contributed by atoms with E-state index in [0.29, 0.717) is 17.4 Å². The maximum Gasteiger partial charge on any atom is 0.369 e. The van der Waals surface area contributed by atoms with Crippen LogP contribution in [0.5, 0.6) is 0 Å². The van der Waals surface area contributed by atoms with Crippen molar-refractivity contribution in [3.63, 3.8) is 0 Å². The molecule has 0 aliphatic carbocycles. The van der Waals surface area contributed by atoms with Crippen molar-refractivity contribution in [1.29, 1.82) is 0 Å². The van der Waals surface area contributed by atoms with E-state index in [2.05, 4.69) is 9.36 Å². The van der Waals surface area contributed by atoms with Crippen LogP contribution in [0.3, 0.4) is 0 Å². The zero-order valence-corrected chi connectivity index (χ0v) is 8.72. The Bertz CT molecular complexity index is 296. The number of hydrogen-bond acceptors (Lipinski definition) is 5. The number of aromatic nitrogens is 2. The molecule has 0 N–H and O–H groups in total. The molecule has 0 aliphatic rings. The highest BCUT2D eigenvalue weighted by Crippen LogP contribution is 2.13. The van der Waals surface area contributed by atoms with Gasteiger partial charge in [0.15, 0.2) is 0 Å². The molecule has 0 atom stereocenters. The molecule has 1 aromatic rings. The fraction of sp³-hybridized carbons (Fsp3) is 0.625. The summed E-state index contributed by atoms with van der Waals surface area (Å²) in [5.41, 5.74) is 0. The number of carbonyl (C=O) groups excluding carboxylic acids is 1. The van der Waals surface area contributed by atoms with Crippen molar-refractivity contribution in [3.05, 3.63) is 10.8 Å². The minimum Gasteiger partial charge on any atom is -0.461 e. The van der Waals surface area contributed by atoms with Gasteiger partial charge in [-0.1, -0.05) is 13.8 Å². The van der Waals surface area contributed by atoms with E-state index in [1.165, 1.54) is 0 Å². The van der Waals surface area contributed by atoms with Gasteiger partial charge in [-0.3, -0.25) is 0 Å². The number of carbonyl (C=O) groups is 1. The van der Waals surface area contributed by atoms with Gasteiger partial charge in [0.25, 0.3) is 0 Å². The monoisotopic (exact) mass is 200 g/mol. The molecule has 0 aromatic carbocycles. The molecule has 0 radical (unpaired) electrons. The molecule has 5 heteroatoms. The van der Waals surface area contributed by atoms with Gasteiger partial charge in [0, 0.05) is 5.92 Å². The first-order valence-electron chi connectivity index (χ1n) is 4.15. The molecule has 72 valence electrons. The van der Waals surface area contributed by atoms with E-state index in [1.807, 2.05) is 13.8 Å². The highest BCUT2D eigenvalue weighted by Gasteiger charge is 2.14. The Kier molecular flexibility index (Phi) is 3.36. The van der Waals surface area contributed by atoms with Crippen LogP contribution in [0, 0.1) is 0 Å². The van der Waals surface area contributed by atoms with Gasteiger partial charge in [-0.15, -0.1) is 0 Å². The molecule has 0 aliphatic heterocycles. The van der Waals surface area contributed by atoms with E-state index in [-0.39, 0.29) is 11.9 Å². The predicted octanol–water partition coefficient (Wildman–Crippen LogP) is 1.84. The van der Waals surface area contributed by atoms with Crippen LogP contribution in [0.4, 0.5) is 0 Å². The Balaban J connectivity index is 2.73. The zero-order valence-electron chi connectivity index (χ0n) is 7.90. The molecule has 4 nitrogen and oxygen atoms in total. The average Bonchev–Trinajstić information content (AvgIpc) is 2.52. The summed E-state index contributed by atoms with van der Waals surface area (Å²) in [6, 6.07) is 0. The van der Waals surface area contributed by atoms with Crippen LogP contribution in [0.2, 0.25) is 0 Å². The summed E-state index contributed by atoms with van der Waals surface area (Å²) in [6.45, 7) is 6.10. The van der Waals surface area contributed by atoms with Crippen molar-refractivity contribution in [2.75, 3.05) is 6.61 Å². The summed E-state index contributed by atoms with van der Waals surface area (Å²) in [5.74, 6) is 0.569. The lowest BCUT2D eigenvalue weighted by molar-refractivity contribution is 0.0525. The minimum atomic E-state index is -0.383. The number of nitrogens with zero attached hydrogens (tertiary/aromatic N) is 2. The third kappa shape index (κ3) is 2.48. The Hall–Kier alpha value is -0.970. The Morgan fingerprint density at radius 2 is 2.31 bits per heavy atom. The topological polar surface area (TPSA) is 52.1 Å². The lowest BCUT2D eigenvalue weighted by atomic mass is 10.2. The van der Waals surface area contributed by atoms with Crippen molar-refractivity contribution >= 4 is 17.5 Å². The van der Waals surface area contributed by atoms with E-state index in [0.717, 1.165) is 11.5 Å². The zero-order chi connectivity index (χ0) is 9.84. The van der Waals surface area contributed by atoms with Crippen molar-refractivity contribution in [1.82, 2.24) is 9.36 Å². The molecule has 13 heavy (non-hydrogen) atoms. The van der Waals surface area contributed by atoms with Crippen LogP contribution in [-0.4, -0.2) is 21.9 Å². The molecule has 0 unspecified atom stereocenters. The van der Waals surface area contributed by atoms with Crippen LogP contribution in [0.15, 0.2) is 0 Å². The van der Waals surface area contributed by atoms with Crippen LogP contribution < -0.4 is 0 Å². The molecule has 1 rings (SSSR count). The number of hydrogen-bond donors (Lipinski definition) is 0. The Labute approximate surface area is 81.1 Å². The maximum absolute atomic E-state index is 11.2. The van der Waals surface area contributed by atoms with Gasteiger partial charge < -0.3 is 4.74 Å². The quantitative estimate of drug-likeness (QED) is 0.698. The fourth-order valence-corrected chi connectivity index (χ4v) is 1.44. The van der Waals surface area contributed by atoms with Crippen molar-refractivity contribution in [2.45, 2.75) is 26.7 Å². The van der Waals surface area contributed by atoms with Crippen molar-refractivity contribution in [2.24, 2.45) is 0 Å². The van der Waals surface area contributed by atoms with Crippen LogP contribution in [-0.2, 0) is 4.74 Å². The second-order valence-electron chi connectivity index (χ2n) is 2.83. The van der Waals surface area contributed by atoms with Gasteiger partial charge in [0.05, 0.1) is 6.61 Å². The first-order valence-corrected chi connectivity index (χ1v) is 4.93. The van der Waals surface area contributed by atoms with Crippen molar-refractivity contribution < 1.29 is 9.53 Å². The van der Waals surface area contributed by atoms with Gasteiger partial charge >= 0.3 is 5.97 Å². The molecule has 1 heterocycles. The molecule has 0 amide bonds. The highest BCUT2D eigenvalue weighted by molar-refractivity contribution is 7.07. The molecule has 0 spiro atoms. The van der Waals surface area contributed by atoms with E-state index in [9.17, 15) is 4.79 Å². The van der Waals surface area contributed by atoms with E-state index >= 15 is 0 Å². The summed E-state index contributed by atoms with van der Waals surface area (Å²) in [5, 5.41) is 0.338. The largest absolute Gasteiger partial charge is 0.461 e. The summed E-state index contributed by atoms with van der Waals surface area (Å²) in [7, 11) is 0. The standard InChI is InChI=1S/C8H12N2O2S/c1-4-12-8(11)7-9-6(5(2)3)10-13-7/h5H,4H2,1-3H3. The second kappa shape index (κ2) is 4.32. The number of esters is 1. The van der Waals surface area contributed by atoms with Crippen LogP contribution >= 0.6 is 11.5 Å². The molecule has 0 fully saturated rings. The molecular formula is C8H12N2O2S. The van der Waals surface area contributed by atoms with Crippen LogP contribution in [0.1, 0.15) is 42.3 Å². The molecular weight excluding hydrogens is 188 g/mol. The van der Waals surface area contributed by atoms with E-state index < -0.39 is 0 Å². The van der Waals surface area contributed by atoms with E-state index in [4.69, 9.17) is 4.74 Å². The number of ether oxygens (including phenoxy) is 1. The van der Waals surface area contributed by atoms with Gasteiger partial charge in [0.2, 0.25) is 5.01 Å². The van der Waals surface area contributed by atoms with Crippen LogP contribution in [0.25, 0.3) is 0 Å². The summed E-state index contributed by atoms with van der Waals surface area (Å²) in [6.07, 6.45) is 0. The summed E-state index contributed by atoms with van der Waals surface area (Å²) < 4.78 is 8.84. The molecule has 1 aromatic heterocycles. The van der Waals surface area contributed by atoms with Gasteiger partial charge in [-0.25, -0.2) is 9.78 Å². The molecule has 0 saturated heterocycles. The predicted molar refractivity (Wildman–Crippen MR) is 50.0 cm³/mol. The normalized spacial score (nSPS) is 10.5. The minimum absolute atomic E-state index is 0.249. The summed E-state index contributed by atoms with van der Waals surface area (Å²) >= 11 is 1.09. The lowest BCUT2D eigenvalue weighted by Crippen LogP contribution is -2.04. The average molecular weight is 200 g/mol. The lowest BCUT2D eigenvalue weighted by Gasteiger charge is -1.96. The first kappa shape index (κ1) is 10.1.